The van der Waals surface area contributed by atoms with Gasteiger partial charge in [-0.05, 0) is 0 Å². The first kappa shape index (κ1) is 8.65. The lowest BCUT2D eigenvalue weighted by atomic mass is 10.6. The van der Waals surface area contributed by atoms with Crippen LogP contribution in [0.15, 0.2) is 0 Å². The zero-order valence-electron chi connectivity index (χ0n) is 6.57. The molecule has 0 aromatic carbocycles. The molecular formula is C5H18Si3. The molecule has 0 aromatic heterocycles. The molecule has 0 rings (SSSR count). The highest BCUT2D eigenvalue weighted by Crippen LogP contribution is 1.94. The topological polar surface area (TPSA) is 0 Å². The van der Waals surface area contributed by atoms with Gasteiger partial charge in [-0.1, -0.05) is 32.5 Å². The second-order valence-corrected chi connectivity index (χ2v) is 22.5. The first-order valence-electron chi connectivity index (χ1n) is 3.63. The first-order valence-corrected chi connectivity index (χ1v) is 14.0. The Morgan fingerprint density at radius 1 is 1.25 bits per heavy atom. The summed E-state index contributed by atoms with van der Waals surface area (Å²) in [5, 5.41) is 0. The maximum Gasteiger partial charge on any atom is 0.0149 e. The van der Waals surface area contributed by atoms with E-state index in [1.807, 2.05) is 0 Å². The lowest BCUT2D eigenvalue weighted by Gasteiger charge is -2.02. The standard InChI is InChI=1S/C5H18Si3/c1-5(2)6-7-8(3)4/h5,8H,6-7H2,1-4H3. The Morgan fingerprint density at radius 2 is 1.75 bits per heavy atom. The molecule has 0 amide bonds. The summed E-state index contributed by atoms with van der Waals surface area (Å²) in [6.45, 7) is 9.83. The van der Waals surface area contributed by atoms with Crippen LogP contribution in [0.5, 0.6) is 0 Å². The van der Waals surface area contributed by atoms with Crippen molar-refractivity contribution >= 4 is 25.9 Å². The van der Waals surface area contributed by atoms with E-state index in [9.17, 15) is 0 Å². The van der Waals surface area contributed by atoms with Crippen molar-refractivity contribution < 1.29 is 0 Å². The SMILES string of the molecule is CC(C)[SiH2][SiH2][SiH](C)C. The summed E-state index contributed by atoms with van der Waals surface area (Å²) in [5.41, 5.74) is 1.12. The van der Waals surface area contributed by atoms with Crippen molar-refractivity contribution in [3.05, 3.63) is 0 Å². The Bertz CT molecular complexity index is 43.6. The van der Waals surface area contributed by atoms with Crippen LogP contribution in [0.1, 0.15) is 13.8 Å². The van der Waals surface area contributed by atoms with Crippen LogP contribution in [0, 0.1) is 0 Å². The first-order chi connectivity index (χ1) is 3.63. The van der Waals surface area contributed by atoms with Gasteiger partial charge < -0.3 is 0 Å². The normalized spacial score (nSPS) is 14.2. The third-order valence-corrected chi connectivity index (χ3v) is 25.3. The second kappa shape index (κ2) is 4.52. The van der Waals surface area contributed by atoms with Gasteiger partial charge >= 0.3 is 0 Å². The molecule has 0 aliphatic carbocycles. The Balaban J connectivity index is 2.93. The minimum absolute atomic E-state index is 0.0260. The molecule has 0 heterocycles. The summed E-state index contributed by atoms with van der Waals surface area (Å²) in [7, 11) is 1.05. The van der Waals surface area contributed by atoms with Gasteiger partial charge in [0.05, 0.1) is 0 Å². The quantitative estimate of drug-likeness (QED) is 0.515. The zero-order chi connectivity index (χ0) is 6.57. The highest BCUT2D eigenvalue weighted by atomic mass is 29.5. The van der Waals surface area contributed by atoms with Gasteiger partial charge in [-0.15, -0.1) is 0 Å². The smallest absolute Gasteiger partial charge is 0.0149 e. The predicted octanol–water partition coefficient (Wildman–Crippen LogP) is 0.0507. The van der Waals surface area contributed by atoms with Crippen molar-refractivity contribution in [2.24, 2.45) is 0 Å². The molecule has 0 unspecified atom stereocenters. The van der Waals surface area contributed by atoms with Crippen molar-refractivity contribution in [3.8, 4) is 0 Å². The van der Waals surface area contributed by atoms with E-state index in [1.54, 1.807) is 0 Å². The minimum Gasteiger partial charge on any atom is -0.0748 e. The fourth-order valence-corrected chi connectivity index (χ4v) is 18.0. The predicted molar refractivity (Wildman–Crippen MR) is 51.1 cm³/mol. The van der Waals surface area contributed by atoms with Crippen LogP contribution in [-0.2, 0) is 0 Å². The van der Waals surface area contributed by atoms with Crippen LogP contribution in [0.3, 0.4) is 0 Å². The van der Waals surface area contributed by atoms with Crippen molar-refractivity contribution in [2.45, 2.75) is 32.5 Å². The van der Waals surface area contributed by atoms with Crippen LogP contribution in [0.2, 0.25) is 18.6 Å². The third kappa shape index (κ3) is 6.65. The molecule has 0 fully saturated rings. The van der Waals surface area contributed by atoms with Gasteiger partial charge in [-0.2, -0.15) is 0 Å². The average Bonchev–Trinajstić information content (AvgIpc) is 1.61. The number of rotatable bonds is 3. The van der Waals surface area contributed by atoms with Gasteiger partial charge in [0, 0.05) is 25.9 Å². The summed E-state index contributed by atoms with van der Waals surface area (Å²) in [6.07, 6.45) is 0. The Hall–Kier alpha value is 0.651. The summed E-state index contributed by atoms with van der Waals surface area (Å²) in [6, 6.07) is 0. The summed E-state index contributed by atoms with van der Waals surface area (Å²) >= 11 is 0. The van der Waals surface area contributed by atoms with Gasteiger partial charge in [-0.25, -0.2) is 0 Å². The molecule has 3 heteroatoms. The summed E-state index contributed by atoms with van der Waals surface area (Å²) in [5.74, 6) is 0. The summed E-state index contributed by atoms with van der Waals surface area (Å²) in [4.78, 5) is 0. The van der Waals surface area contributed by atoms with Crippen molar-refractivity contribution in [3.63, 3.8) is 0 Å². The highest BCUT2D eigenvalue weighted by molar-refractivity contribution is 7.35. The lowest BCUT2D eigenvalue weighted by molar-refractivity contribution is 1.07. The van der Waals surface area contributed by atoms with E-state index in [4.69, 9.17) is 0 Å². The zero-order valence-corrected chi connectivity index (χ0v) is 10.6. The molecule has 0 radical (unpaired) electrons. The number of hydrogen-bond acceptors (Lipinski definition) is 0. The van der Waals surface area contributed by atoms with Crippen LogP contribution in [0.25, 0.3) is 0 Å². The third-order valence-electron chi connectivity index (χ3n) is 1.32. The molecule has 0 aliphatic heterocycles. The van der Waals surface area contributed by atoms with Crippen LogP contribution in [-0.4, -0.2) is 25.9 Å². The van der Waals surface area contributed by atoms with Gasteiger partial charge in [0.2, 0.25) is 0 Å². The maximum absolute atomic E-state index is 2.52. The summed E-state index contributed by atoms with van der Waals surface area (Å²) < 4.78 is 0. The van der Waals surface area contributed by atoms with Crippen LogP contribution < -0.4 is 0 Å². The molecule has 50 valence electrons. The van der Waals surface area contributed by atoms with Crippen molar-refractivity contribution in [2.75, 3.05) is 0 Å². The molecule has 0 spiro atoms. The maximum atomic E-state index is 2.52. The molecule has 0 bridgehead atoms. The molecule has 0 aliphatic rings. The second-order valence-electron chi connectivity index (χ2n) is 3.37. The minimum atomic E-state index is -0.0260. The highest BCUT2D eigenvalue weighted by Gasteiger charge is 1.98. The van der Waals surface area contributed by atoms with E-state index in [0.717, 1.165) is 5.54 Å². The van der Waals surface area contributed by atoms with E-state index in [1.165, 1.54) is 0 Å². The molecule has 8 heavy (non-hydrogen) atoms. The molecule has 0 atom stereocenters. The molecule has 0 saturated heterocycles. The van der Waals surface area contributed by atoms with Crippen LogP contribution in [0.4, 0.5) is 0 Å². The Morgan fingerprint density at radius 3 is 1.88 bits per heavy atom. The number of hydrogen-bond donors (Lipinski definition) is 0. The lowest BCUT2D eigenvalue weighted by Crippen LogP contribution is -2.21. The van der Waals surface area contributed by atoms with Gasteiger partial charge in [0.15, 0.2) is 0 Å². The van der Waals surface area contributed by atoms with E-state index in [2.05, 4.69) is 26.9 Å². The molecular weight excluding hydrogens is 144 g/mol. The van der Waals surface area contributed by atoms with E-state index < -0.39 is 0 Å². The van der Waals surface area contributed by atoms with E-state index >= 15 is 0 Å². The molecule has 0 aromatic rings. The molecule has 0 N–H and O–H groups in total. The fourth-order valence-electron chi connectivity index (χ4n) is 0.667. The monoisotopic (exact) mass is 162 g/mol. The van der Waals surface area contributed by atoms with Gasteiger partial charge in [-0.3, -0.25) is 0 Å². The fraction of sp³-hybridized carbons (Fsp3) is 1.00. The van der Waals surface area contributed by atoms with Crippen LogP contribution >= 0.6 is 0 Å². The average molecular weight is 162 g/mol. The van der Waals surface area contributed by atoms with Gasteiger partial charge in [0.1, 0.15) is 0 Å². The van der Waals surface area contributed by atoms with Crippen molar-refractivity contribution in [1.82, 2.24) is 0 Å². The Kier molecular flexibility index (Phi) is 4.89. The molecule has 0 saturated carbocycles. The molecule has 0 nitrogen and oxygen atoms in total. The largest absolute Gasteiger partial charge is 0.0748 e. The van der Waals surface area contributed by atoms with E-state index in [0.29, 0.717) is 17.6 Å². The van der Waals surface area contributed by atoms with E-state index in [-0.39, 0.29) is 8.31 Å². The van der Waals surface area contributed by atoms with Crippen molar-refractivity contribution in [1.29, 1.82) is 0 Å². The van der Waals surface area contributed by atoms with Gasteiger partial charge in [0.25, 0.3) is 0 Å². The Labute approximate surface area is 58.9 Å².